The molecule has 4 nitrogen and oxygen atoms in total. The van der Waals surface area contributed by atoms with Gasteiger partial charge in [0.1, 0.15) is 11.0 Å². The summed E-state index contributed by atoms with van der Waals surface area (Å²) in [5.74, 6) is -0.729. The molecule has 0 spiro atoms. The second-order valence-corrected chi connectivity index (χ2v) is 6.45. The highest BCUT2D eigenvalue weighted by Crippen LogP contribution is 2.24. The van der Waals surface area contributed by atoms with Crippen molar-refractivity contribution in [3.63, 3.8) is 0 Å². The highest BCUT2D eigenvalue weighted by molar-refractivity contribution is 9.10. The average molecular weight is 421 g/mol. The van der Waals surface area contributed by atoms with Crippen LogP contribution in [-0.2, 0) is 6.54 Å². The van der Waals surface area contributed by atoms with Crippen LogP contribution in [0.2, 0.25) is 5.15 Å². The van der Waals surface area contributed by atoms with E-state index in [4.69, 9.17) is 11.6 Å². The molecule has 0 unspecified atom stereocenters. The lowest BCUT2D eigenvalue weighted by molar-refractivity contribution is 0.0984. The third-order valence-corrected chi connectivity index (χ3v) is 4.20. The highest BCUT2D eigenvalue weighted by Gasteiger charge is 2.22. The van der Waals surface area contributed by atoms with Crippen LogP contribution in [0.15, 0.2) is 65.4 Å². The molecule has 0 aliphatic carbocycles. The first-order chi connectivity index (χ1) is 12.0. The van der Waals surface area contributed by atoms with Gasteiger partial charge in [-0.15, -0.1) is 0 Å². The van der Waals surface area contributed by atoms with E-state index in [0.717, 1.165) is 0 Å². The van der Waals surface area contributed by atoms with Gasteiger partial charge in [0.15, 0.2) is 0 Å². The molecular weight excluding hydrogens is 409 g/mol. The number of rotatable bonds is 4. The minimum Gasteiger partial charge on any atom is -0.302 e. The number of amides is 1. The molecular formula is C18H12BrClFN3O. The van der Waals surface area contributed by atoms with Crippen molar-refractivity contribution >= 4 is 39.1 Å². The summed E-state index contributed by atoms with van der Waals surface area (Å²) >= 11 is 9.39. The molecule has 0 atom stereocenters. The maximum Gasteiger partial charge on any atom is 0.261 e. The Morgan fingerprint density at radius 2 is 1.92 bits per heavy atom. The van der Waals surface area contributed by atoms with Gasteiger partial charge < -0.3 is 4.90 Å². The van der Waals surface area contributed by atoms with Crippen molar-refractivity contribution in [3.8, 4) is 0 Å². The molecule has 25 heavy (non-hydrogen) atoms. The number of aromatic nitrogens is 2. The van der Waals surface area contributed by atoms with E-state index in [-0.39, 0.29) is 29.0 Å². The van der Waals surface area contributed by atoms with Crippen LogP contribution in [0.1, 0.15) is 16.1 Å². The molecule has 0 saturated heterocycles. The van der Waals surface area contributed by atoms with Crippen molar-refractivity contribution in [1.82, 2.24) is 9.97 Å². The molecule has 0 bridgehead atoms. The number of hydrogen-bond donors (Lipinski definition) is 0. The fourth-order valence-electron chi connectivity index (χ4n) is 2.27. The van der Waals surface area contributed by atoms with Crippen molar-refractivity contribution < 1.29 is 9.18 Å². The zero-order chi connectivity index (χ0) is 17.8. The molecule has 0 N–H and O–H groups in total. The fourth-order valence-corrected chi connectivity index (χ4v) is 2.79. The van der Waals surface area contributed by atoms with Crippen LogP contribution in [0.4, 0.5) is 10.1 Å². The van der Waals surface area contributed by atoms with Gasteiger partial charge in [0, 0.05) is 22.6 Å². The van der Waals surface area contributed by atoms with Gasteiger partial charge in [-0.1, -0.05) is 17.7 Å². The minimum absolute atomic E-state index is 0.0985. The van der Waals surface area contributed by atoms with Crippen molar-refractivity contribution in [2.75, 3.05) is 4.90 Å². The van der Waals surface area contributed by atoms with E-state index in [0.29, 0.717) is 15.9 Å². The van der Waals surface area contributed by atoms with Gasteiger partial charge in [-0.25, -0.2) is 9.37 Å². The predicted molar refractivity (Wildman–Crippen MR) is 98.1 cm³/mol. The molecule has 0 saturated carbocycles. The third-order valence-electron chi connectivity index (χ3n) is 3.47. The number of halogens is 3. The number of nitrogens with zero attached hydrogens (tertiary/aromatic N) is 3. The maximum absolute atomic E-state index is 13.3. The highest BCUT2D eigenvalue weighted by atomic mass is 79.9. The summed E-state index contributed by atoms with van der Waals surface area (Å²) < 4.78 is 13.9. The van der Waals surface area contributed by atoms with E-state index in [2.05, 4.69) is 25.9 Å². The molecule has 0 aliphatic rings. The maximum atomic E-state index is 13.3. The van der Waals surface area contributed by atoms with Gasteiger partial charge in [-0.2, -0.15) is 0 Å². The van der Waals surface area contributed by atoms with Crippen LogP contribution in [-0.4, -0.2) is 15.9 Å². The lowest BCUT2D eigenvalue weighted by Crippen LogP contribution is -2.31. The summed E-state index contributed by atoms with van der Waals surface area (Å²) in [6, 6.07) is 12.7. The summed E-state index contributed by atoms with van der Waals surface area (Å²) in [4.78, 5) is 22.8. The second-order valence-electron chi connectivity index (χ2n) is 5.18. The van der Waals surface area contributed by atoms with E-state index in [9.17, 15) is 9.18 Å². The summed E-state index contributed by atoms with van der Waals surface area (Å²) in [6.07, 6.45) is 3.16. The molecule has 3 rings (SSSR count). The van der Waals surface area contributed by atoms with Crippen LogP contribution in [0.5, 0.6) is 0 Å². The smallest absolute Gasteiger partial charge is 0.261 e. The minimum atomic E-state index is -0.379. The predicted octanol–water partition coefficient (Wildman–Crippen LogP) is 4.88. The Labute approximate surface area is 157 Å². The molecule has 0 aliphatic heterocycles. The van der Waals surface area contributed by atoms with Crippen LogP contribution >= 0.6 is 27.5 Å². The molecule has 1 aromatic carbocycles. The van der Waals surface area contributed by atoms with Crippen LogP contribution in [0, 0.1) is 5.82 Å². The van der Waals surface area contributed by atoms with Crippen molar-refractivity contribution in [2.24, 2.45) is 0 Å². The van der Waals surface area contributed by atoms with Crippen molar-refractivity contribution in [3.05, 3.63) is 87.6 Å². The summed E-state index contributed by atoms with van der Waals surface area (Å²) in [5.41, 5.74) is 1.48. The number of anilines is 1. The molecule has 0 radical (unpaired) electrons. The Morgan fingerprint density at radius 1 is 1.16 bits per heavy atom. The first-order valence-electron chi connectivity index (χ1n) is 7.33. The van der Waals surface area contributed by atoms with E-state index in [1.807, 2.05) is 12.1 Å². The molecule has 7 heteroatoms. The Bertz CT molecular complexity index is 891. The van der Waals surface area contributed by atoms with Crippen LogP contribution < -0.4 is 4.90 Å². The zero-order valence-corrected chi connectivity index (χ0v) is 15.2. The Morgan fingerprint density at radius 3 is 2.60 bits per heavy atom. The molecule has 1 amide bonds. The van der Waals surface area contributed by atoms with Gasteiger partial charge >= 0.3 is 0 Å². The quantitative estimate of drug-likeness (QED) is 0.565. The Kier molecular flexibility index (Phi) is 5.40. The fraction of sp³-hybridized carbons (Fsp3) is 0.0556. The van der Waals surface area contributed by atoms with Gasteiger partial charge in [-0.3, -0.25) is 9.78 Å². The van der Waals surface area contributed by atoms with Gasteiger partial charge in [0.25, 0.3) is 5.91 Å². The van der Waals surface area contributed by atoms with Crippen LogP contribution in [0.3, 0.4) is 0 Å². The number of pyridine rings is 2. The standard InChI is InChI=1S/C18H12BrClFN3O/c19-12-9-16(17(20)23-10-12)18(25)24(11-14-3-1-2-8-22-14)15-6-4-13(21)5-7-15/h1-10H,11H2. The van der Waals surface area contributed by atoms with Gasteiger partial charge in [0.2, 0.25) is 0 Å². The zero-order valence-electron chi connectivity index (χ0n) is 12.9. The number of carbonyl (C=O) groups is 1. The summed E-state index contributed by atoms with van der Waals surface area (Å²) in [7, 11) is 0. The van der Waals surface area contributed by atoms with Crippen LogP contribution in [0.25, 0.3) is 0 Å². The molecule has 2 heterocycles. The van der Waals surface area contributed by atoms with E-state index < -0.39 is 0 Å². The lowest BCUT2D eigenvalue weighted by Gasteiger charge is -2.23. The Hall–Kier alpha value is -2.31. The van der Waals surface area contributed by atoms with Crippen molar-refractivity contribution in [2.45, 2.75) is 6.54 Å². The first-order valence-corrected chi connectivity index (χ1v) is 8.50. The lowest BCUT2D eigenvalue weighted by atomic mass is 10.2. The van der Waals surface area contributed by atoms with E-state index >= 15 is 0 Å². The number of hydrogen-bond acceptors (Lipinski definition) is 3. The SMILES string of the molecule is O=C(c1cc(Br)cnc1Cl)N(Cc1ccccn1)c1ccc(F)cc1. The molecule has 126 valence electrons. The normalized spacial score (nSPS) is 10.5. The number of carbonyl (C=O) groups excluding carboxylic acids is 1. The van der Waals surface area contributed by atoms with E-state index in [1.165, 1.54) is 35.4 Å². The van der Waals surface area contributed by atoms with Gasteiger partial charge in [-0.05, 0) is 58.4 Å². The second kappa shape index (κ2) is 7.72. The monoisotopic (exact) mass is 419 g/mol. The number of benzene rings is 1. The summed E-state index contributed by atoms with van der Waals surface area (Å²) in [6.45, 7) is 0.216. The average Bonchev–Trinajstić information content (AvgIpc) is 2.63. The largest absolute Gasteiger partial charge is 0.302 e. The summed E-state index contributed by atoms with van der Waals surface area (Å²) in [5, 5.41) is 0.0985. The molecule has 0 fully saturated rings. The molecule has 3 aromatic rings. The van der Waals surface area contributed by atoms with E-state index in [1.54, 1.807) is 18.3 Å². The van der Waals surface area contributed by atoms with Crippen molar-refractivity contribution in [1.29, 1.82) is 0 Å². The molecule has 2 aromatic heterocycles. The first kappa shape index (κ1) is 17.5. The topological polar surface area (TPSA) is 46.1 Å². The third kappa shape index (κ3) is 4.21. The van der Waals surface area contributed by atoms with Gasteiger partial charge in [0.05, 0.1) is 17.8 Å². The Balaban J connectivity index is 2.02.